The molecule has 0 bridgehead atoms. The largest absolute Gasteiger partial charge is 0.508 e. The van der Waals surface area contributed by atoms with Crippen molar-refractivity contribution in [3.63, 3.8) is 0 Å². The molecule has 0 saturated heterocycles. The normalized spacial score (nSPS) is 10.9. The number of phenols is 1. The van der Waals surface area contributed by atoms with Crippen LogP contribution in [0.15, 0.2) is 34.8 Å². The van der Waals surface area contributed by atoms with Crippen molar-refractivity contribution >= 4 is 26.7 Å². The number of halogens is 1. The first-order valence-corrected chi connectivity index (χ1v) is 6.91. The van der Waals surface area contributed by atoms with Gasteiger partial charge in [-0.15, -0.1) is 0 Å². The summed E-state index contributed by atoms with van der Waals surface area (Å²) in [6.07, 6.45) is 4.53. The quantitative estimate of drug-likeness (QED) is 0.783. The lowest BCUT2D eigenvalue weighted by Gasteiger charge is -2.07. The molecule has 2 aromatic rings. The molecule has 0 heterocycles. The van der Waals surface area contributed by atoms with Gasteiger partial charge in [-0.05, 0) is 53.4 Å². The molecule has 0 unspecified atom stereocenters. The molecule has 0 spiro atoms. The van der Waals surface area contributed by atoms with Crippen LogP contribution in [0.2, 0.25) is 0 Å². The van der Waals surface area contributed by atoms with Crippen LogP contribution in [0.1, 0.15) is 31.7 Å². The number of hydrogen-bond donors (Lipinski definition) is 1. The Morgan fingerprint density at radius 1 is 1.06 bits per heavy atom. The summed E-state index contributed by atoms with van der Waals surface area (Å²) < 4.78 is 1.08. The Hall–Kier alpha value is -1.02. The fourth-order valence-electron chi connectivity index (χ4n) is 2.07. The van der Waals surface area contributed by atoms with Gasteiger partial charge >= 0.3 is 0 Å². The molecule has 0 radical (unpaired) electrons. The fraction of sp³-hybridized carbons (Fsp3) is 0.333. The first kappa shape index (κ1) is 12.4. The Morgan fingerprint density at radius 3 is 2.65 bits per heavy atom. The molecule has 17 heavy (non-hydrogen) atoms. The Morgan fingerprint density at radius 2 is 1.88 bits per heavy atom. The van der Waals surface area contributed by atoms with Crippen LogP contribution in [0.4, 0.5) is 0 Å². The van der Waals surface area contributed by atoms with Crippen molar-refractivity contribution in [2.24, 2.45) is 0 Å². The Labute approximate surface area is 111 Å². The number of aromatic hydroxyl groups is 1. The zero-order chi connectivity index (χ0) is 12.3. The second-order valence-electron chi connectivity index (χ2n) is 4.43. The first-order valence-electron chi connectivity index (χ1n) is 6.12. The molecular formula is C15H17BrO. The van der Waals surface area contributed by atoms with Gasteiger partial charge in [-0.3, -0.25) is 0 Å². The monoisotopic (exact) mass is 292 g/mol. The molecule has 2 aromatic carbocycles. The molecule has 0 aliphatic carbocycles. The zero-order valence-corrected chi connectivity index (χ0v) is 11.6. The number of benzene rings is 2. The molecule has 0 atom stereocenters. The molecule has 0 aliphatic heterocycles. The van der Waals surface area contributed by atoms with Crippen molar-refractivity contribution < 1.29 is 5.11 Å². The van der Waals surface area contributed by atoms with Crippen molar-refractivity contribution in [1.29, 1.82) is 0 Å². The minimum Gasteiger partial charge on any atom is -0.508 e. The van der Waals surface area contributed by atoms with Crippen molar-refractivity contribution in [3.8, 4) is 5.75 Å². The van der Waals surface area contributed by atoms with E-state index in [-0.39, 0.29) is 0 Å². The number of unbranched alkanes of at least 4 members (excludes halogenated alkanes) is 2. The number of rotatable bonds is 4. The lowest BCUT2D eigenvalue weighted by atomic mass is 10.0. The highest BCUT2D eigenvalue weighted by Crippen LogP contribution is 2.28. The highest BCUT2D eigenvalue weighted by atomic mass is 79.9. The lowest BCUT2D eigenvalue weighted by Crippen LogP contribution is -1.87. The van der Waals surface area contributed by atoms with E-state index >= 15 is 0 Å². The predicted molar refractivity (Wildman–Crippen MR) is 76.5 cm³/mol. The number of phenolic OH excluding ortho intramolecular Hbond substituents is 1. The van der Waals surface area contributed by atoms with E-state index in [2.05, 4.69) is 35.0 Å². The highest BCUT2D eigenvalue weighted by molar-refractivity contribution is 9.10. The summed E-state index contributed by atoms with van der Waals surface area (Å²) in [5.41, 5.74) is 1.06. The van der Waals surface area contributed by atoms with Gasteiger partial charge in [0, 0.05) is 4.47 Å². The molecule has 0 fully saturated rings. The van der Waals surface area contributed by atoms with Crippen LogP contribution >= 0.6 is 15.9 Å². The molecule has 90 valence electrons. The smallest absolute Gasteiger partial charge is 0.119 e. The summed E-state index contributed by atoms with van der Waals surface area (Å²) >= 11 is 3.48. The van der Waals surface area contributed by atoms with Gasteiger partial charge < -0.3 is 5.11 Å². The van der Waals surface area contributed by atoms with Gasteiger partial charge in [0.05, 0.1) is 0 Å². The Balaban J connectivity index is 2.32. The van der Waals surface area contributed by atoms with Gasteiger partial charge in [-0.2, -0.15) is 0 Å². The summed E-state index contributed by atoms with van der Waals surface area (Å²) in [6, 6.07) is 10.1. The van der Waals surface area contributed by atoms with Gasteiger partial charge in [-0.25, -0.2) is 0 Å². The summed E-state index contributed by atoms with van der Waals surface area (Å²) in [7, 11) is 0. The van der Waals surface area contributed by atoms with Crippen molar-refractivity contribution in [1.82, 2.24) is 0 Å². The van der Waals surface area contributed by atoms with E-state index < -0.39 is 0 Å². The van der Waals surface area contributed by atoms with E-state index in [0.717, 1.165) is 28.3 Å². The second kappa shape index (κ2) is 5.54. The Bertz CT molecular complexity index is 520. The van der Waals surface area contributed by atoms with Gasteiger partial charge in [0.15, 0.2) is 0 Å². The van der Waals surface area contributed by atoms with Crippen molar-refractivity contribution in [3.05, 3.63) is 40.4 Å². The summed E-state index contributed by atoms with van der Waals surface area (Å²) in [4.78, 5) is 0. The van der Waals surface area contributed by atoms with Crippen LogP contribution in [0, 0.1) is 0 Å². The van der Waals surface area contributed by atoms with Crippen LogP contribution in [0.5, 0.6) is 5.75 Å². The van der Waals surface area contributed by atoms with Crippen LogP contribution in [0.25, 0.3) is 10.8 Å². The lowest BCUT2D eigenvalue weighted by molar-refractivity contribution is 0.467. The van der Waals surface area contributed by atoms with Crippen LogP contribution in [-0.2, 0) is 6.42 Å². The highest BCUT2D eigenvalue weighted by Gasteiger charge is 2.04. The van der Waals surface area contributed by atoms with Crippen molar-refractivity contribution in [2.45, 2.75) is 32.6 Å². The molecule has 1 N–H and O–H groups in total. The summed E-state index contributed by atoms with van der Waals surface area (Å²) in [5.74, 6) is 0.427. The standard InChI is InChI=1S/C15H17BrO/c1-2-3-4-5-12-8-13-9-14(16)7-6-11(13)10-15(12)17/h6-10,17H,2-5H2,1H3. The first-order chi connectivity index (χ1) is 8.20. The number of fused-ring (bicyclic) bond motifs is 1. The minimum absolute atomic E-state index is 0.427. The average Bonchev–Trinajstić information content (AvgIpc) is 2.31. The molecular weight excluding hydrogens is 276 g/mol. The van der Waals surface area contributed by atoms with Gasteiger partial charge in [0.2, 0.25) is 0 Å². The zero-order valence-electron chi connectivity index (χ0n) is 10.0. The maximum Gasteiger partial charge on any atom is 0.119 e. The molecule has 0 amide bonds. The SMILES string of the molecule is CCCCCc1cc2cc(Br)ccc2cc1O. The number of aryl methyl sites for hydroxylation is 1. The van der Waals surface area contributed by atoms with E-state index in [1.807, 2.05) is 18.2 Å². The fourth-order valence-corrected chi connectivity index (χ4v) is 2.45. The van der Waals surface area contributed by atoms with E-state index in [4.69, 9.17) is 0 Å². The maximum atomic E-state index is 9.97. The maximum absolute atomic E-state index is 9.97. The third-order valence-corrected chi connectivity index (χ3v) is 3.54. The Kier molecular flexibility index (Phi) is 4.06. The van der Waals surface area contributed by atoms with Crippen LogP contribution in [-0.4, -0.2) is 5.11 Å². The molecule has 0 aliphatic rings. The van der Waals surface area contributed by atoms with Gasteiger partial charge in [-0.1, -0.05) is 41.8 Å². The number of hydrogen-bond acceptors (Lipinski definition) is 1. The van der Waals surface area contributed by atoms with E-state index in [1.165, 1.54) is 18.2 Å². The van der Waals surface area contributed by atoms with E-state index in [9.17, 15) is 5.11 Å². The van der Waals surface area contributed by atoms with Crippen LogP contribution in [0.3, 0.4) is 0 Å². The van der Waals surface area contributed by atoms with Gasteiger partial charge in [0.25, 0.3) is 0 Å². The third-order valence-electron chi connectivity index (χ3n) is 3.05. The summed E-state index contributed by atoms with van der Waals surface area (Å²) in [6.45, 7) is 2.19. The topological polar surface area (TPSA) is 20.2 Å². The third kappa shape index (κ3) is 3.01. The predicted octanol–water partition coefficient (Wildman–Crippen LogP) is 5.04. The molecule has 2 rings (SSSR count). The average molecular weight is 293 g/mol. The second-order valence-corrected chi connectivity index (χ2v) is 5.35. The molecule has 0 saturated carbocycles. The molecule has 2 heteroatoms. The van der Waals surface area contributed by atoms with E-state index in [0.29, 0.717) is 5.75 Å². The minimum atomic E-state index is 0.427. The molecule has 1 nitrogen and oxygen atoms in total. The summed E-state index contributed by atoms with van der Waals surface area (Å²) in [5, 5.41) is 12.2. The molecule has 0 aromatic heterocycles. The van der Waals surface area contributed by atoms with Gasteiger partial charge in [0.1, 0.15) is 5.75 Å². The van der Waals surface area contributed by atoms with E-state index in [1.54, 1.807) is 0 Å². The van der Waals surface area contributed by atoms with Crippen LogP contribution < -0.4 is 0 Å². The van der Waals surface area contributed by atoms with Crippen molar-refractivity contribution in [2.75, 3.05) is 0 Å².